The first-order valence-corrected chi connectivity index (χ1v) is 4.04. The number of pyridine rings is 1. The van der Waals surface area contributed by atoms with Crippen LogP contribution in [-0.4, -0.2) is 22.2 Å². The molecule has 0 atom stereocenters. The van der Waals surface area contributed by atoms with E-state index in [1.54, 1.807) is 0 Å². The minimum Gasteiger partial charge on any atom is -0.422 e. The highest BCUT2D eigenvalue weighted by Crippen LogP contribution is 2.39. The Morgan fingerprint density at radius 2 is 1.41 bits per heavy atom. The molecule has 0 radical (unpaired) electrons. The second-order valence-electron chi connectivity index (χ2n) is 3.02. The topological polar surface area (TPSA) is 53.4 Å². The molecule has 1 rings (SSSR count). The Bertz CT molecular complexity index is 416. The maximum absolute atomic E-state index is 12.3. The molecule has 1 aromatic rings. The van der Waals surface area contributed by atoms with Crippen LogP contribution in [0.3, 0.4) is 0 Å². The number of hydrogen-bond donors (Lipinski definition) is 2. The Labute approximate surface area is 90.9 Å². The molecule has 1 aromatic heterocycles. The maximum atomic E-state index is 12.3. The monoisotopic (exact) mass is 259 g/mol. The van der Waals surface area contributed by atoms with Crippen LogP contribution in [0.1, 0.15) is 11.1 Å². The first-order valence-electron chi connectivity index (χ1n) is 4.04. The fraction of sp³-hybridized carbons (Fsp3) is 0.286. The number of rotatable bonds is 1. The van der Waals surface area contributed by atoms with Crippen LogP contribution in [0.25, 0.3) is 0 Å². The molecule has 0 aliphatic heterocycles. The Hall–Kier alpha value is -1.29. The van der Waals surface area contributed by atoms with Crippen molar-refractivity contribution in [3.63, 3.8) is 0 Å². The molecule has 0 unspecified atom stereocenters. The molecule has 10 heteroatoms. The summed E-state index contributed by atoms with van der Waals surface area (Å²) in [6.45, 7) is 0. The first-order chi connectivity index (χ1) is 7.53. The molecular weight excluding hydrogens is 255 g/mol. The molecular formula is C7H4BF6NO2. The molecule has 0 saturated carbocycles. The number of nitrogens with zero attached hydrogens (tertiary/aromatic N) is 1. The Balaban J connectivity index is 3.43. The highest BCUT2D eigenvalue weighted by molar-refractivity contribution is 6.57. The molecule has 2 N–H and O–H groups in total. The third kappa shape index (κ3) is 3.10. The fourth-order valence-corrected chi connectivity index (χ4v) is 1.07. The van der Waals surface area contributed by atoms with E-state index in [1.165, 1.54) is 0 Å². The van der Waals surface area contributed by atoms with Crippen LogP contribution in [0.15, 0.2) is 12.3 Å². The smallest absolute Gasteiger partial charge is 0.422 e. The van der Waals surface area contributed by atoms with Crippen molar-refractivity contribution in [3.05, 3.63) is 23.4 Å². The van der Waals surface area contributed by atoms with Crippen LogP contribution < -0.4 is 5.59 Å². The lowest BCUT2D eigenvalue weighted by Crippen LogP contribution is -2.35. The molecule has 94 valence electrons. The lowest BCUT2D eigenvalue weighted by atomic mass is 9.84. The number of hydrogen-bond acceptors (Lipinski definition) is 3. The number of halogens is 6. The number of alkyl halides is 6. The van der Waals surface area contributed by atoms with E-state index >= 15 is 0 Å². The van der Waals surface area contributed by atoms with Crippen LogP contribution in [0.2, 0.25) is 0 Å². The zero-order chi connectivity index (χ0) is 13.4. The van der Waals surface area contributed by atoms with E-state index in [2.05, 4.69) is 4.98 Å². The Kier molecular flexibility index (Phi) is 3.39. The van der Waals surface area contributed by atoms with Gasteiger partial charge in [0.15, 0.2) is 0 Å². The van der Waals surface area contributed by atoms with Crippen molar-refractivity contribution < 1.29 is 36.4 Å². The van der Waals surface area contributed by atoms with Gasteiger partial charge in [0.25, 0.3) is 0 Å². The van der Waals surface area contributed by atoms with Crippen molar-refractivity contribution in [1.82, 2.24) is 4.98 Å². The Morgan fingerprint density at radius 1 is 0.941 bits per heavy atom. The largest absolute Gasteiger partial charge is 0.508 e. The molecule has 1 heterocycles. The second-order valence-corrected chi connectivity index (χ2v) is 3.02. The van der Waals surface area contributed by atoms with Crippen LogP contribution in [0.5, 0.6) is 0 Å². The van der Waals surface area contributed by atoms with Gasteiger partial charge in [-0.05, 0) is 6.07 Å². The van der Waals surface area contributed by atoms with Gasteiger partial charge in [-0.25, -0.2) is 0 Å². The highest BCUT2D eigenvalue weighted by atomic mass is 19.4. The molecule has 3 nitrogen and oxygen atoms in total. The molecule has 0 spiro atoms. The van der Waals surface area contributed by atoms with Crippen molar-refractivity contribution in [2.45, 2.75) is 12.4 Å². The average Bonchev–Trinajstić information content (AvgIpc) is 2.14. The molecule has 0 fully saturated rings. The van der Waals surface area contributed by atoms with E-state index < -0.39 is 36.2 Å². The van der Waals surface area contributed by atoms with Crippen molar-refractivity contribution in [3.8, 4) is 0 Å². The molecule has 0 amide bonds. The van der Waals surface area contributed by atoms with Gasteiger partial charge in [-0.15, -0.1) is 0 Å². The Morgan fingerprint density at radius 3 is 1.76 bits per heavy atom. The van der Waals surface area contributed by atoms with Crippen LogP contribution >= 0.6 is 0 Å². The third-order valence-electron chi connectivity index (χ3n) is 1.80. The maximum Gasteiger partial charge on any atom is 0.508 e. The lowest BCUT2D eigenvalue weighted by molar-refractivity contribution is -0.162. The highest BCUT2D eigenvalue weighted by Gasteiger charge is 2.44. The second kappa shape index (κ2) is 4.19. The van der Waals surface area contributed by atoms with Gasteiger partial charge in [0, 0.05) is 6.20 Å². The van der Waals surface area contributed by atoms with Crippen LogP contribution in [-0.2, 0) is 12.4 Å². The van der Waals surface area contributed by atoms with Crippen molar-refractivity contribution in [1.29, 1.82) is 0 Å². The summed E-state index contributed by atoms with van der Waals surface area (Å²) in [7, 11) is -2.38. The number of aromatic nitrogens is 1. The summed E-state index contributed by atoms with van der Waals surface area (Å²) in [6.07, 6.45) is -10.6. The summed E-state index contributed by atoms with van der Waals surface area (Å²) < 4.78 is 73.7. The molecule has 0 aliphatic carbocycles. The molecule has 0 saturated heterocycles. The zero-order valence-electron chi connectivity index (χ0n) is 7.84. The van der Waals surface area contributed by atoms with Gasteiger partial charge in [-0.2, -0.15) is 26.3 Å². The summed E-state index contributed by atoms with van der Waals surface area (Å²) in [5, 5.41) is 17.1. The third-order valence-corrected chi connectivity index (χ3v) is 1.80. The van der Waals surface area contributed by atoms with Gasteiger partial charge >= 0.3 is 19.5 Å². The van der Waals surface area contributed by atoms with Crippen LogP contribution in [0.4, 0.5) is 26.3 Å². The minimum absolute atomic E-state index is 0.0481. The summed E-state index contributed by atoms with van der Waals surface area (Å²) >= 11 is 0. The van der Waals surface area contributed by atoms with Gasteiger partial charge in [-0.1, -0.05) is 0 Å². The zero-order valence-corrected chi connectivity index (χ0v) is 7.84. The summed E-state index contributed by atoms with van der Waals surface area (Å²) in [4.78, 5) is 2.90. The summed E-state index contributed by atoms with van der Waals surface area (Å²) in [5.74, 6) is 0. The molecule has 0 aliphatic rings. The van der Waals surface area contributed by atoms with Crippen molar-refractivity contribution >= 4 is 12.7 Å². The van der Waals surface area contributed by atoms with E-state index in [0.29, 0.717) is 0 Å². The van der Waals surface area contributed by atoms with Gasteiger partial charge < -0.3 is 10.0 Å². The summed E-state index contributed by atoms with van der Waals surface area (Å²) in [5.41, 5.74) is -4.90. The van der Waals surface area contributed by atoms with Gasteiger partial charge in [0.2, 0.25) is 0 Å². The normalized spacial score (nSPS) is 12.7. The van der Waals surface area contributed by atoms with E-state index in [0.717, 1.165) is 0 Å². The first kappa shape index (κ1) is 13.8. The van der Waals surface area contributed by atoms with E-state index in [9.17, 15) is 26.3 Å². The van der Waals surface area contributed by atoms with E-state index in [1.807, 2.05) is 0 Å². The summed E-state index contributed by atoms with van der Waals surface area (Å²) in [6, 6.07) is -0.0481. The van der Waals surface area contributed by atoms with E-state index in [-0.39, 0.29) is 12.3 Å². The van der Waals surface area contributed by atoms with Gasteiger partial charge in [0.05, 0.1) is 16.7 Å². The lowest BCUT2D eigenvalue weighted by Gasteiger charge is -2.15. The molecule has 0 bridgehead atoms. The van der Waals surface area contributed by atoms with Crippen molar-refractivity contribution in [2.24, 2.45) is 0 Å². The van der Waals surface area contributed by atoms with E-state index in [4.69, 9.17) is 10.0 Å². The standard InChI is InChI=1S/C7H4BF6NO2/c9-6(10,11)3-1-5(8(16)17)15-2-4(3)7(12,13)14/h1-2,16-17H. The van der Waals surface area contributed by atoms with Crippen molar-refractivity contribution in [2.75, 3.05) is 0 Å². The predicted molar refractivity (Wildman–Crippen MR) is 44.1 cm³/mol. The molecule has 0 aromatic carbocycles. The molecule has 17 heavy (non-hydrogen) atoms. The van der Waals surface area contributed by atoms with Gasteiger partial charge in [0.1, 0.15) is 0 Å². The fourth-order valence-electron chi connectivity index (χ4n) is 1.07. The minimum atomic E-state index is -5.27. The van der Waals surface area contributed by atoms with Gasteiger partial charge in [-0.3, -0.25) is 4.98 Å². The average molecular weight is 259 g/mol. The van der Waals surface area contributed by atoms with Crippen LogP contribution in [0, 0.1) is 0 Å². The SMILES string of the molecule is OB(O)c1cc(C(F)(F)F)c(C(F)(F)F)cn1. The quantitative estimate of drug-likeness (QED) is 0.579. The predicted octanol–water partition coefficient (Wildman–Crippen LogP) is 0.799.